The zero-order valence-electron chi connectivity index (χ0n) is 12.3. The van der Waals surface area contributed by atoms with Crippen molar-refractivity contribution in [1.82, 2.24) is 14.5 Å². The summed E-state index contributed by atoms with van der Waals surface area (Å²) < 4.78 is 2.06. The van der Waals surface area contributed by atoms with E-state index in [1.54, 1.807) is 0 Å². The third kappa shape index (κ3) is 2.26. The summed E-state index contributed by atoms with van der Waals surface area (Å²) in [7, 11) is 0. The lowest BCUT2D eigenvalue weighted by atomic mass is 10.0. The second-order valence-corrected chi connectivity index (χ2v) is 5.44. The second kappa shape index (κ2) is 5.20. The zero-order chi connectivity index (χ0) is 15.0. The van der Waals surface area contributed by atoms with Crippen LogP contribution in [0.4, 0.5) is 0 Å². The van der Waals surface area contributed by atoms with Crippen molar-refractivity contribution in [2.24, 2.45) is 10.9 Å². The van der Waals surface area contributed by atoms with E-state index in [1.165, 1.54) is 18.5 Å². The standard InChI is InChI=1S/C15H19N5O/c1-9-7-13(14(10(2)18-9)15(16)19-21)20-8-17-11-5-3-4-6-12(11)20/h7-8,21H,3-6H2,1-2H3,(H2,16,19). The van der Waals surface area contributed by atoms with Gasteiger partial charge in [-0.25, -0.2) is 4.98 Å². The van der Waals surface area contributed by atoms with Crippen LogP contribution in [0.25, 0.3) is 5.69 Å². The molecule has 0 fully saturated rings. The molecule has 2 aromatic rings. The lowest BCUT2D eigenvalue weighted by Crippen LogP contribution is -2.20. The van der Waals surface area contributed by atoms with E-state index < -0.39 is 0 Å². The lowest BCUT2D eigenvalue weighted by molar-refractivity contribution is 0.318. The number of aryl methyl sites for hydroxylation is 3. The molecular weight excluding hydrogens is 266 g/mol. The Kier molecular flexibility index (Phi) is 3.37. The van der Waals surface area contributed by atoms with E-state index in [-0.39, 0.29) is 5.84 Å². The molecule has 1 aliphatic carbocycles. The Bertz CT molecular complexity index is 717. The van der Waals surface area contributed by atoms with Gasteiger partial charge in [-0.1, -0.05) is 5.16 Å². The minimum Gasteiger partial charge on any atom is -0.409 e. The molecule has 0 saturated carbocycles. The first kappa shape index (κ1) is 13.6. The van der Waals surface area contributed by atoms with Crippen LogP contribution in [0.1, 0.15) is 41.2 Å². The van der Waals surface area contributed by atoms with Crippen LogP contribution in [0, 0.1) is 13.8 Å². The number of oxime groups is 1. The van der Waals surface area contributed by atoms with Gasteiger partial charge in [-0.2, -0.15) is 0 Å². The normalized spacial score (nSPS) is 15.0. The molecule has 0 saturated heterocycles. The van der Waals surface area contributed by atoms with Gasteiger partial charge >= 0.3 is 0 Å². The summed E-state index contributed by atoms with van der Waals surface area (Å²) in [5, 5.41) is 12.2. The average Bonchev–Trinajstić information content (AvgIpc) is 2.89. The summed E-state index contributed by atoms with van der Waals surface area (Å²) in [4.78, 5) is 8.94. The molecule has 0 spiro atoms. The molecule has 0 aromatic carbocycles. The Balaban J connectivity index is 2.25. The number of nitrogens with two attached hydrogens (primary N) is 1. The van der Waals surface area contributed by atoms with Crippen molar-refractivity contribution < 1.29 is 5.21 Å². The van der Waals surface area contributed by atoms with Crippen LogP contribution in [0.3, 0.4) is 0 Å². The Morgan fingerprint density at radius 1 is 1.33 bits per heavy atom. The number of imidazole rings is 1. The van der Waals surface area contributed by atoms with Crippen molar-refractivity contribution in [3.63, 3.8) is 0 Å². The molecule has 0 bridgehead atoms. The predicted octanol–water partition coefficient (Wildman–Crippen LogP) is 1.86. The Morgan fingerprint density at radius 2 is 2.10 bits per heavy atom. The Labute approximate surface area is 123 Å². The summed E-state index contributed by atoms with van der Waals surface area (Å²) in [5.74, 6) is 0.0771. The van der Waals surface area contributed by atoms with E-state index in [2.05, 4.69) is 19.7 Å². The van der Waals surface area contributed by atoms with Gasteiger partial charge in [-0.3, -0.25) is 4.98 Å². The number of aromatic nitrogens is 3. The topological polar surface area (TPSA) is 89.3 Å². The molecule has 1 aliphatic rings. The number of hydrogen-bond donors (Lipinski definition) is 2. The SMILES string of the molecule is Cc1cc(-n2cnc3c2CCCC3)c(/C(N)=N/O)c(C)n1. The average molecular weight is 285 g/mol. The molecule has 110 valence electrons. The van der Waals surface area contributed by atoms with Crippen LogP contribution in [-0.4, -0.2) is 25.6 Å². The maximum absolute atomic E-state index is 9.05. The van der Waals surface area contributed by atoms with Crippen molar-refractivity contribution in [3.8, 4) is 5.69 Å². The number of rotatable bonds is 2. The monoisotopic (exact) mass is 285 g/mol. The fourth-order valence-corrected chi connectivity index (χ4v) is 3.04. The summed E-state index contributed by atoms with van der Waals surface area (Å²) >= 11 is 0. The van der Waals surface area contributed by atoms with Gasteiger partial charge in [0, 0.05) is 11.4 Å². The van der Waals surface area contributed by atoms with Crippen LogP contribution in [0.5, 0.6) is 0 Å². The van der Waals surface area contributed by atoms with Crippen LogP contribution < -0.4 is 5.73 Å². The van der Waals surface area contributed by atoms with Gasteiger partial charge in [0.2, 0.25) is 0 Å². The highest BCUT2D eigenvalue weighted by Crippen LogP contribution is 2.26. The molecule has 6 nitrogen and oxygen atoms in total. The first-order valence-corrected chi connectivity index (χ1v) is 7.13. The molecule has 21 heavy (non-hydrogen) atoms. The van der Waals surface area contributed by atoms with Crippen LogP contribution in [0.15, 0.2) is 17.5 Å². The smallest absolute Gasteiger partial charge is 0.174 e. The molecule has 0 aliphatic heterocycles. The van der Waals surface area contributed by atoms with Crippen molar-refractivity contribution in [1.29, 1.82) is 0 Å². The molecular formula is C15H19N5O. The number of fused-ring (bicyclic) bond motifs is 1. The molecule has 0 unspecified atom stereocenters. The van der Waals surface area contributed by atoms with Crippen molar-refractivity contribution in [3.05, 3.63) is 40.7 Å². The van der Waals surface area contributed by atoms with Gasteiger partial charge < -0.3 is 15.5 Å². The third-order valence-corrected chi connectivity index (χ3v) is 3.96. The molecule has 0 radical (unpaired) electrons. The van der Waals surface area contributed by atoms with Gasteiger partial charge in [0.05, 0.1) is 29.0 Å². The lowest BCUT2D eigenvalue weighted by Gasteiger charge is -2.17. The second-order valence-electron chi connectivity index (χ2n) is 5.44. The van der Waals surface area contributed by atoms with Gasteiger partial charge in [-0.05, 0) is 45.6 Å². The minimum atomic E-state index is 0.0771. The quantitative estimate of drug-likeness (QED) is 0.381. The summed E-state index contributed by atoms with van der Waals surface area (Å²) in [6, 6.07) is 1.96. The maximum atomic E-state index is 9.05. The van der Waals surface area contributed by atoms with Gasteiger partial charge in [-0.15, -0.1) is 0 Å². The highest BCUT2D eigenvalue weighted by molar-refractivity contribution is 6.01. The first-order valence-electron chi connectivity index (χ1n) is 7.13. The number of hydrogen-bond acceptors (Lipinski definition) is 4. The molecule has 6 heteroatoms. The van der Waals surface area contributed by atoms with Gasteiger partial charge in [0.1, 0.15) is 0 Å². The minimum absolute atomic E-state index is 0.0771. The van der Waals surface area contributed by atoms with Gasteiger partial charge in [0.15, 0.2) is 5.84 Å². The highest BCUT2D eigenvalue weighted by Gasteiger charge is 2.20. The third-order valence-electron chi connectivity index (χ3n) is 3.96. The van der Waals surface area contributed by atoms with Crippen molar-refractivity contribution >= 4 is 5.84 Å². The maximum Gasteiger partial charge on any atom is 0.174 e. The Morgan fingerprint density at radius 3 is 2.86 bits per heavy atom. The Hall–Kier alpha value is -2.37. The van der Waals surface area contributed by atoms with Crippen LogP contribution in [-0.2, 0) is 12.8 Å². The van der Waals surface area contributed by atoms with Gasteiger partial charge in [0.25, 0.3) is 0 Å². The molecule has 3 N–H and O–H groups in total. The molecule has 2 aromatic heterocycles. The van der Waals surface area contributed by atoms with E-state index in [0.717, 1.165) is 35.6 Å². The first-order chi connectivity index (χ1) is 10.1. The fraction of sp³-hybridized carbons (Fsp3) is 0.400. The fourth-order valence-electron chi connectivity index (χ4n) is 3.04. The van der Waals surface area contributed by atoms with E-state index in [4.69, 9.17) is 10.9 Å². The van der Waals surface area contributed by atoms with Crippen molar-refractivity contribution in [2.75, 3.05) is 0 Å². The van der Waals surface area contributed by atoms with Crippen molar-refractivity contribution in [2.45, 2.75) is 39.5 Å². The number of pyridine rings is 1. The zero-order valence-corrected chi connectivity index (χ0v) is 12.3. The molecule has 3 rings (SSSR count). The summed E-state index contributed by atoms with van der Waals surface area (Å²) in [6.45, 7) is 3.81. The van der Waals surface area contributed by atoms with E-state index in [9.17, 15) is 0 Å². The highest BCUT2D eigenvalue weighted by atomic mass is 16.4. The van der Waals surface area contributed by atoms with E-state index in [1.807, 2.05) is 26.2 Å². The van der Waals surface area contributed by atoms with Crippen LogP contribution >= 0.6 is 0 Å². The molecule has 0 amide bonds. The number of amidine groups is 1. The van der Waals surface area contributed by atoms with Crippen LogP contribution in [0.2, 0.25) is 0 Å². The van der Waals surface area contributed by atoms with E-state index >= 15 is 0 Å². The molecule has 2 heterocycles. The molecule has 0 atom stereocenters. The number of nitrogens with zero attached hydrogens (tertiary/aromatic N) is 4. The predicted molar refractivity (Wildman–Crippen MR) is 80.0 cm³/mol. The summed E-state index contributed by atoms with van der Waals surface area (Å²) in [6.07, 6.45) is 6.21. The largest absolute Gasteiger partial charge is 0.409 e. The van der Waals surface area contributed by atoms with E-state index in [0.29, 0.717) is 5.56 Å². The summed E-state index contributed by atoms with van der Waals surface area (Å²) in [5.41, 5.74) is 11.4.